The van der Waals surface area contributed by atoms with Gasteiger partial charge in [0, 0.05) is 51.9 Å². The minimum absolute atomic E-state index is 0.209. The van der Waals surface area contributed by atoms with Gasteiger partial charge in [0.05, 0.1) is 6.54 Å². The Kier molecular flexibility index (Phi) is 7.62. The Morgan fingerprint density at radius 2 is 1.55 bits per heavy atom. The number of carbonyl (C=O) groups excluding carboxylic acids is 2. The molecule has 0 saturated carbocycles. The van der Waals surface area contributed by atoms with Gasteiger partial charge in [-0.1, -0.05) is 30.3 Å². The van der Waals surface area contributed by atoms with Gasteiger partial charge in [-0.05, 0) is 51.0 Å². The number of piperidine rings is 2. The van der Waals surface area contributed by atoms with Crippen LogP contribution in [0.2, 0.25) is 0 Å². The minimum Gasteiger partial charge on any atom is -0.341 e. The average molecular weight is 427 g/mol. The van der Waals surface area contributed by atoms with E-state index in [0.717, 1.165) is 77.1 Å². The molecule has 0 aromatic heterocycles. The minimum atomic E-state index is -0.209. The Labute approximate surface area is 187 Å². The van der Waals surface area contributed by atoms with Crippen molar-refractivity contribution in [3.63, 3.8) is 0 Å². The number of carbonyl (C=O) groups is 2. The van der Waals surface area contributed by atoms with Crippen LogP contribution in [0.15, 0.2) is 30.3 Å². The van der Waals surface area contributed by atoms with Gasteiger partial charge in [-0.2, -0.15) is 0 Å². The second-order valence-electron chi connectivity index (χ2n) is 9.44. The lowest BCUT2D eigenvalue weighted by molar-refractivity contribution is -0.140. The molecule has 0 aliphatic carbocycles. The van der Waals surface area contributed by atoms with E-state index in [9.17, 15) is 9.59 Å². The monoisotopic (exact) mass is 426 g/mol. The second-order valence-corrected chi connectivity index (χ2v) is 9.44. The van der Waals surface area contributed by atoms with E-state index < -0.39 is 0 Å². The highest BCUT2D eigenvalue weighted by Crippen LogP contribution is 2.26. The Morgan fingerprint density at radius 1 is 0.871 bits per heavy atom. The van der Waals surface area contributed by atoms with Gasteiger partial charge in [0.25, 0.3) is 0 Å². The van der Waals surface area contributed by atoms with E-state index in [1.165, 1.54) is 12.8 Å². The summed E-state index contributed by atoms with van der Waals surface area (Å²) in [4.78, 5) is 35.1. The fourth-order valence-corrected chi connectivity index (χ4v) is 5.36. The maximum Gasteiger partial charge on any atom is 0.244 e. The molecule has 2 atom stereocenters. The lowest BCUT2D eigenvalue weighted by Gasteiger charge is -2.41. The molecule has 3 saturated heterocycles. The summed E-state index contributed by atoms with van der Waals surface area (Å²) >= 11 is 0. The Morgan fingerprint density at radius 3 is 2.23 bits per heavy atom. The molecule has 0 bridgehead atoms. The number of piperazine rings is 1. The first-order valence-electron chi connectivity index (χ1n) is 12.2. The third-order valence-electron chi connectivity index (χ3n) is 7.27. The van der Waals surface area contributed by atoms with Gasteiger partial charge in [-0.3, -0.25) is 19.4 Å². The van der Waals surface area contributed by atoms with E-state index in [0.29, 0.717) is 12.6 Å². The summed E-state index contributed by atoms with van der Waals surface area (Å²) in [5.74, 6) is 0.516. The highest BCUT2D eigenvalue weighted by Gasteiger charge is 2.34. The number of rotatable bonds is 5. The molecular formula is C25H38N4O2. The lowest BCUT2D eigenvalue weighted by atomic mass is 10.0. The van der Waals surface area contributed by atoms with Crippen LogP contribution in [0.1, 0.15) is 57.1 Å². The molecule has 0 radical (unpaired) electrons. The highest BCUT2D eigenvalue weighted by atomic mass is 16.2. The maximum absolute atomic E-state index is 13.5. The van der Waals surface area contributed by atoms with Crippen LogP contribution in [0.3, 0.4) is 0 Å². The van der Waals surface area contributed by atoms with E-state index in [1.807, 2.05) is 18.2 Å². The zero-order valence-electron chi connectivity index (χ0n) is 19.0. The number of likely N-dealkylation sites (tertiary alicyclic amines) is 2. The van der Waals surface area contributed by atoms with Crippen LogP contribution in [0, 0.1) is 0 Å². The molecule has 4 rings (SSSR count). The van der Waals surface area contributed by atoms with Gasteiger partial charge in [-0.25, -0.2) is 0 Å². The maximum atomic E-state index is 13.5. The van der Waals surface area contributed by atoms with Crippen LogP contribution in [0.5, 0.6) is 0 Å². The van der Waals surface area contributed by atoms with Crippen LogP contribution in [-0.2, 0) is 9.59 Å². The van der Waals surface area contributed by atoms with Crippen molar-refractivity contribution >= 4 is 11.8 Å². The van der Waals surface area contributed by atoms with Crippen molar-refractivity contribution in [1.82, 2.24) is 19.6 Å². The molecule has 0 N–H and O–H groups in total. The van der Waals surface area contributed by atoms with Gasteiger partial charge >= 0.3 is 0 Å². The van der Waals surface area contributed by atoms with E-state index in [-0.39, 0.29) is 17.9 Å². The molecule has 31 heavy (non-hydrogen) atoms. The van der Waals surface area contributed by atoms with E-state index in [2.05, 4.69) is 38.7 Å². The van der Waals surface area contributed by atoms with E-state index >= 15 is 0 Å². The van der Waals surface area contributed by atoms with Gasteiger partial charge in [0.15, 0.2) is 0 Å². The normalized spacial score (nSPS) is 24.7. The fourth-order valence-electron chi connectivity index (χ4n) is 5.36. The molecular weight excluding hydrogens is 388 g/mol. The van der Waals surface area contributed by atoms with Crippen molar-refractivity contribution in [3.05, 3.63) is 35.9 Å². The van der Waals surface area contributed by atoms with Crippen LogP contribution in [-0.4, -0.2) is 89.8 Å². The SMILES string of the molecule is C[C@H]1CCCCN1C(=O)CN1CCN([C@H](C(=O)N2CCCCC2)c2ccccc2)CC1. The number of hydrogen-bond donors (Lipinski definition) is 0. The fraction of sp³-hybridized carbons (Fsp3) is 0.680. The molecule has 3 aliphatic heterocycles. The largest absolute Gasteiger partial charge is 0.341 e. The first-order valence-corrected chi connectivity index (χ1v) is 12.2. The van der Waals surface area contributed by atoms with E-state index in [1.54, 1.807) is 0 Å². The topological polar surface area (TPSA) is 47.1 Å². The number of nitrogens with zero attached hydrogens (tertiary/aromatic N) is 4. The number of hydrogen-bond acceptors (Lipinski definition) is 4. The van der Waals surface area contributed by atoms with Crippen molar-refractivity contribution in [2.24, 2.45) is 0 Å². The summed E-state index contributed by atoms with van der Waals surface area (Å²) in [6.45, 7) is 8.66. The van der Waals surface area contributed by atoms with Crippen LogP contribution < -0.4 is 0 Å². The highest BCUT2D eigenvalue weighted by molar-refractivity contribution is 5.83. The van der Waals surface area contributed by atoms with Crippen molar-refractivity contribution in [3.8, 4) is 0 Å². The molecule has 3 fully saturated rings. The second kappa shape index (κ2) is 10.6. The van der Waals surface area contributed by atoms with Gasteiger partial charge in [0.1, 0.15) is 6.04 Å². The van der Waals surface area contributed by atoms with E-state index in [4.69, 9.17) is 0 Å². The predicted octanol–water partition coefficient (Wildman–Crippen LogP) is 2.76. The zero-order valence-corrected chi connectivity index (χ0v) is 19.0. The summed E-state index contributed by atoms with van der Waals surface area (Å²) in [6, 6.07) is 10.4. The van der Waals surface area contributed by atoms with Crippen LogP contribution in [0.4, 0.5) is 0 Å². The molecule has 170 valence electrons. The molecule has 1 aromatic rings. The summed E-state index contributed by atoms with van der Waals surface area (Å²) in [6.07, 6.45) is 6.92. The molecule has 0 unspecified atom stereocenters. The quantitative estimate of drug-likeness (QED) is 0.726. The Balaban J connectivity index is 1.38. The summed E-state index contributed by atoms with van der Waals surface area (Å²) in [7, 11) is 0. The first-order chi connectivity index (χ1) is 15.1. The van der Waals surface area contributed by atoms with Gasteiger partial charge in [-0.15, -0.1) is 0 Å². The predicted molar refractivity (Wildman–Crippen MR) is 123 cm³/mol. The van der Waals surface area contributed by atoms with Gasteiger partial charge in [0.2, 0.25) is 11.8 Å². The molecule has 0 spiro atoms. The summed E-state index contributed by atoms with van der Waals surface area (Å²) in [5.41, 5.74) is 1.09. The number of amides is 2. The molecule has 2 amide bonds. The van der Waals surface area contributed by atoms with Crippen molar-refractivity contribution in [1.29, 1.82) is 0 Å². The first kappa shape index (κ1) is 22.3. The van der Waals surface area contributed by atoms with Crippen LogP contribution >= 0.6 is 0 Å². The lowest BCUT2D eigenvalue weighted by Crippen LogP contribution is -2.54. The summed E-state index contributed by atoms with van der Waals surface area (Å²) < 4.78 is 0. The van der Waals surface area contributed by atoms with Crippen molar-refractivity contribution < 1.29 is 9.59 Å². The van der Waals surface area contributed by atoms with Crippen molar-refractivity contribution in [2.75, 3.05) is 52.4 Å². The molecule has 6 nitrogen and oxygen atoms in total. The number of benzene rings is 1. The Hall–Kier alpha value is -1.92. The molecule has 1 aromatic carbocycles. The third kappa shape index (κ3) is 5.47. The Bertz CT molecular complexity index is 726. The third-order valence-corrected chi connectivity index (χ3v) is 7.27. The standard InChI is InChI=1S/C25H38N4O2/c1-21-10-6-9-15-29(21)23(30)20-26-16-18-27(19-17-26)24(22-11-4-2-5-12-22)25(31)28-13-7-3-8-14-28/h2,4-5,11-12,21,24H,3,6-10,13-20H2,1H3/t21-,24-/m0/s1. The molecule has 3 heterocycles. The zero-order chi connectivity index (χ0) is 21.6. The van der Waals surface area contributed by atoms with Crippen molar-refractivity contribution in [2.45, 2.75) is 57.5 Å². The molecule has 6 heteroatoms. The summed E-state index contributed by atoms with van der Waals surface area (Å²) in [5, 5.41) is 0. The van der Waals surface area contributed by atoms with Gasteiger partial charge < -0.3 is 9.80 Å². The van der Waals surface area contributed by atoms with Crippen LogP contribution in [0.25, 0.3) is 0 Å². The smallest absolute Gasteiger partial charge is 0.244 e. The average Bonchev–Trinajstić information content (AvgIpc) is 2.82. The molecule has 3 aliphatic rings.